The van der Waals surface area contributed by atoms with Gasteiger partial charge in [0.25, 0.3) is 0 Å². The fourth-order valence-corrected chi connectivity index (χ4v) is 2.06. The van der Waals surface area contributed by atoms with Crippen LogP contribution in [0.15, 0.2) is 42.5 Å². The van der Waals surface area contributed by atoms with Crippen molar-refractivity contribution in [2.45, 2.75) is 13.5 Å². The summed E-state index contributed by atoms with van der Waals surface area (Å²) < 4.78 is 44.2. The molecule has 2 aromatic rings. The first kappa shape index (κ1) is 19.1. The molecule has 0 fully saturated rings. The molecule has 0 aliphatic rings. The first-order chi connectivity index (χ1) is 9.36. The molecule has 0 spiro atoms. The molecule has 106 valence electrons. The Labute approximate surface area is 169 Å². The summed E-state index contributed by atoms with van der Waals surface area (Å²) in [5.74, 6) is -0.150. The van der Waals surface area contributed by atoms with Gasteiger partial charge in [-0.3, -0.25) is 0 Å². The molecule has 0 unspecified atom stereocenters. The quantitative estimate of drug-likeness (QED) is 0.763. The second kappa shape index (κ2) is 8.04. The van der Waals surface area contributed by atoms with E-state index >= 15 is 0 Å². The smallest absolute Gasteiger partial charge is 0.492 e. The summed E-state index contributed by atoms with van der Waals surface area (Å²) in [5, 5.41) is 0.523. The zero-order valence-electron chi connectivity index (χ0n) is 11.7. The van der Waals surface area contributed by atoms with Crippen LogP contribution >= 0.6 is 11.6 Å². The van der Waals surface area contributed by atoms with Gasteiger partial charge < -0.3 is 17.7 Å². The maximum absolute atomic E-state index is 13.0. The maximum atomic E-state index is 13.0. The zero-order valence-corrected chi connectivity index (χ0v) is 15.6. The van der Waals surface area contributed by atoms with Crippen molar-refractivity contribution in [1.82, 2.24) is 0 Å². The molecule has 0 aliphatic carbocycles. The largest absolute Gasteiger partial charge is 1.00 e. The van der Waals surface area contributed by atoms with Gasteiger partial charge in [-0.1, -0.05) is 46.9 Å². The normalized spacial score (nSPS) is 10.9. The molecule has 21 heavy (non-hydrogen) atoms. The summed E-state index contributed by atoms with van der Waals surface area (Å²) >= 11 is 5.82. The van der Waals surface area contributed by atoms with Crippen molar-refractivity contribution in [3.8, 4) is 5.75 Å². The Morgan fingerprint density at radius 1 is 1.10 bits per heavy atom. The second-order valence-electron chi connectivity index (χ2n) is 4.53. The second-order valence-corrected chi connectivity index (χ2v) is 4.97. The van der Waals surface area contributed by atoms with Gasteiger partial charge in [0.2, 0.25) is 0 Å². The molecular weight excluding hydrogens is 327 g/mol. The molecule has 0 atom stereocenters. The molecule has 0 saturated heterocycles. The van der Waals surface area contributed by atoms with E-state index in [0.29, 0.717) is 10.6 Å². The van der Waals surface area contributed by atoms with Crippen molar-refractivity contribution in [1.29, 1.82) is 0 Å². The standard InChI is InChI=1S/C14H12BClF3O.K/c1-10-5-6-14(13(7-10)15(17,18)19)20-9-11-3-2-4-12(16)8-11;/h2-8H,9H2,1H3;/q-1;+1. The van der Waals surface area contributed by atoms with Gasteiger partial charge in [0.05, 0.1) is 5.75 Å². The summed E-state index contributed by atoms with van der Waals surface area (Å²) in [6.07, 6.45) is 0. The van der Waals surface area contributed by atoms with E-state index in [-0.39, 0.29) is 63.7 Å². The van der Waals surface area contributed by atoms with E-state index in [1.165, 1.54) is 6.07 Å². The molecule has 2 rings (SSSR count). The molecule has 0 N–H and O–H groups in total. The van der Waals surface area contributed by atoms with Gasteiger partial charge in [-0.25, -0.2) is 0 Å². The fourth-order valence-electron chi connectivity index (χ4n) is 1.84. The van der Waals surface area contributed by atoms with Gasteiger partial charge in [0.15, 0.2) is 0 Å². The van der Waals surface area contributed by atoms with E-state index in [2.05, 4.69) is 0 Å². The Hall–Kier alpha value is 0.0213. The molecule has 2 aromatic carbocycles. The van der Waals surface area contributed by atoms with Crippen LogP contribution in [0.1, 0.15) is 11.1 Å². The topological polar surface area (TPSA) is 9.23 Å². The minimum Gasteiger partial charge on any atom is -0.492 e. The van der Waals surface area contributed by atoms with Crippen LogP contribution in [0.5, 0.6) is 5.75 Å². The van der Waals surface area contributed by atoms with E-state index < -0.39 is 12.4 Å². The summed E-state index contributed by atoms with van der Waals surface area (Å²) in [6, 6.07) is 10.9. The van der Waals surface area contributed by atoms with Crippen LogP contribution in [0.2, 0.25) is 5.02 Å². The van der Waals surface area contributed by atoms with Gasteiger partial charge in [-0.05, 0) is 30.7 Å². The first-order valence-electron chi connectivity index (χ1n) is 6.04. The van der Waals surface area contributed by atoms with Crippen LogP contribution in [0, 0.1) is 6.92 Å². The summed E-state index contributed by atoms with van der Waals surface area (Å²) in [4.78, 5) is 0. The van der Waals surface area contributed by atoms with E-state index in [4.69, 9.17) is 16.3 Å². The van der Waals surface area contributed by atoms with E-state index in [0.717, 1.165) is 11.6 Å². The molecule has 0 heterocycles. The third-order valence-corrected chi connectivity index (χ3v) is 3.04. The van der Waals surface area contributed by atoms with Crippen LogP contribution in [-0.2, 0) is 6.61 Å². The van der Waals surface area contributed by atoms with Gasteiger partial charge in [-0.2, -0.15) is 0 Å². The molecule has 0 aromatic heterocycles. The van der Waals surface area contributed by atoms with Crippen molar-refractivity contribution in [2.24, 2.45) is 0 Å². The minimum atomic E-state index is -5.10. The first-order valence-corrected chi connectivity index (χ1v) is 6.42. The van der Waals surface area contributed by atoms with E-state index in [9.17, 15) is 12.9 Å². The summed E-state index contributed by atoms with van der Waals surface area (Å²) in [5.41, 5.74) is 0.569. The Bertz CT molecular complexity index is 619. The van der Waals surface area contributed by atoms with Crippen molar-refractivity contribution >= 4 is 24.0 Å². The summed E-state index contributed by atoms with van der Waals surface area (Å²) in [6.45, 7) is -3.44. The molecule has 1 nitrogen and oxygen atoms in total. The Balaban J connectivity index is 0.00000220. The van der Waals surface area contributed by atoms with Crippen LogP contribution in [0.3, 0.4) is 0 Å². The van der Waals surface area contributed by atoms with Crippen LogP contribution in [-0.4, -0.2) is 6.98 Å². The molecule has 7 heteroatoms. The predicted molar refractivity (Wildman–Crippen MR) is 75.7 cm³/mol. The molecule has 0 radical (unpaired) electrons. The number of aryl methyl sites for hydroxylation is 1. The maximum Gasteiger partial charge on any atom is 1.00 e. The number of halogens is 4. The fraction of sp³-hybridized carbons (Fsp3) is 0.143. The molecule has 0 amide bonds. The minimum absolute atomic E-state index is 0. The molecular formula is C14H12BClF3KO. The van der Waals surface area contributed by atoms with Crippen molar-refractivity contribution in [3.63, 3.8) is 0 Å². The van der Waals surface area contributed by atoms with Crippen LogP contribution in [0.25, 0.3) is 0 Å². The number of hydrogen-bond donors (Lipinski definition) is 0. The Kier molecular flexibility index (Phi) is 7.30. The van der Waals surface area contributed by atoms with E-state index in [1.54, 1.807) is 37.3 Å². The zero-order chi connectivity index (χ0) is 14.8. The van der Waals surface area contributed by atoms with Crippen LogP contribution < -0.4 is 61.6 Å². The number of benzene rings is 2. The molecule has 0 aliphatic heterocycles. The van der Waals surface area contributed by atoms with Crippen molar-refractivity contribution in [2.75, 3.05) is 0 Å². The SMILES string of the molecule is Cc1ccc(OCc2cccc(Cl)c2)c([B-](F)(F)F)c1.[K+]. The monoisotopic (exact) mass is 338 g/mol. The van der Waals surface area contributed by atoms with Gasteiger partial charge in [0, 0.05) is 5.02 Å². The van der Waals surface area contributed by atoms with Gasteiger partial charge in [-0.15, -0.1) is 0 Å². The van der Waals surface area contributed by atoms with Crippen molar-refractivity contribution in [3.05, 3.63) is 58.6 Å². The Morgan fingerprint density at radius 2 is 1.81 bits per heavy atom. The third kappa shape index (κ3) is 5.62. The molecule has 0 saturated carbocycles. The predicted octanol–water partition coefficient (Wildman–Crippen LogP) is 1.29. The number of ether oxygens (including phenoxy) is 1. The van der Waals surface area contributed by atoms with Gasteiger partial charge >= 0.3 is 58.4 Å². The summed E-state index contributed by atoms with van der Waals surface area (Å²) in [7, 11) is 0. The number of rotatable bonds is 4. The van der Waals surface area contributed by atoms with Gasteiger partial charge in [0.1, 0.15) is 6.61 Å². The number of hydrogen-bond acceptors (Lipinski definition) is 1. The third-order valence-electron chi connectivity index (χ3n) is 2.80. The average Bonchev–Trinajstić information content (AvgIpc) is 2.36. The van der Waals surface area contributed by atoms with E-state index in [1.807, 2.05) is 0 Å². The molecule has 0 bridgehead atoms. The Morgan fingerprint density at radius 3 is 2.43 bits per heavy atom. The average molecular weight is 339 g/mol. The van der Waals surface area contributed by atoms with Crippen molar-refractivity contribution < 1.29 is 69.1 Å². The van der Waals surface area contributed by atoms with Crippen LogP contribution in [0.4, 0.5) is 12.9 Å².